The van der Waals surface area contributed by atoms with Crippen LogP contribution < -0.4 is 11.3 Å². The van der Waals surface area contributed by atoms with Gasteiger partial charge in [-0.05, 0) is 47.9 Å². The predicted molar refractivity (Wildman–Crippen MR) is 79.0 cm³/mol. The maximum atomic E-state index is 5.67. The Hall–Kier alpha value is -1.62. The van der Waals surface area contributed by atoms with Gasteiger partial charge < -0.3 is 4.42 Å². The molecule has 1 unspecified atom stereocenters. The number of thiophene rings is 1. The Morgan fingerprint density at radius 1 is 1.26 bits per heavy atom. The third-order valence-electron chi connectivity index (χ3n) is 3.29. The van der Waals surface area contributed by atoms with E-state index in [9.17, 15) is 0 Å². The highest BCUT2D eigenvalue weighted by Gasteiger charge is 2.16. The van der Waals surface area contributed by atoms with E-state index in [-0.39, 0.29) is 6.04 Å². The first-order valence-corrected chi connectivity index (χ1v) is 7.13. The van der Waals surface area contributed by atoms with Crippen LogP contribution in [0.1, 0.15) is 23.1 Å². The summed E-state index contributed by atoms with van der Waals surface area (Å²) in [5, 5.41) is 3.50. The van der Waals surface area contributed by atoms with Gasteiger partial charge in [0.1, 0.15) is 11.5 Å². The number of furan rings is 1. The Kier molecular flexibility index (Phi) is 3.38. The minimum atomic E-state index is 0.00621. The lowest BCUT2D eigenvalue weighted by Gasteiger charge is -2.12. The zero-order valence-electron chi connectivity index (χ0n) is 10.7. The van der Waals surface area contributed by atoms with Gasteiger partial charge >= 0.3 is 0 Å². The molecular weight excluding hydrogens is 256 g/mol. The molecular formula is C15H16N2OS. The van der Waals surface area contributed by atoms with Crippen molar-refractivity contribution in [3.63, 3.8) is 0 Å². The fourth-order valence-electron chi connectivity index (χ4n) is 2.29. The Balaban J connectivity index is 1.90. The van der Waals surface area contributed by atoms with Gasteiger partial charge in [0.2, 0.25) is 0 Å². The lowest BCUT2D eigenvalue weighted by atomic mass is 10.0. The molecule has 0 saturated heterocycles. The van der Waals surface area contributed by atoms with Crippen LogP contribution in [-0.4, -0.2) is 0 Å². The predicted octanol–water partition coefficient (Wildman–Crippen LogP) is 3.55. The van der Waals surface area contributed by atoms with E-state index in [0.29, 0.717) is 0 Å². The van der Waals surface area contributed by atoms with Crippen molar-refractivity contribution in [1.82, 2.24) is 5.43 Å². The van der Waals surface area contributed by atoms with Crippen LogP contribution >= 0.6 is 11.3 Å². The van der Waals surface area contributed by atoms with Crippen molar-refractivity contribution in [2.24, 2.45) is 5.84 Å². The average Bonchev–Trinajstić information content (AvgIpc) is 3.03. The summed E-state index contributed by atoms with van der Waals surface area (Å²) < 4.78 is 6.97. The second-order valence-corrected chi connectivity index (χ2v) is 5.54. The van der Waals surface area contributed by atoms with Crippen LogP contribution in [0.25, 0.3) is 10.1 Å². The summed E-state index contributed by atoms with van der Waals surface area (Å²) >= 11 is 1.77. The Morgan fingerprint density at radius 2 is 2.11 bits per heavy atom. The Bertz CT molecular complexity index is 686. The minimum absolute atomic E-state index is 0.00621. The number of benzene rings is 1. The van der Waals surface area contributed by atoms with Crippen molar-refractivity contribution in [2.75, 3.05) is 0 Å². The molecule has 0 radical (unpaired) electrons. The number of nitrogens with one attached hydrogen (secondary N) is 1. The quantitative estimate of drug-likeness (QED) is 0.564. The molecule has 1 aromatic carbocycles. The van der Waals surface area contributed by atoms with Crippen LogP contribution in [0.5, 0.6) is 0 Å². The van der Waals surface area contributed by atoms with E-state index in [4.69, 9.17) is 10.3 Å². The van der Waals surface area contributed by atoms with Gasteiger partial charge in [0.25, 0.3) is 0 Å². The van der Waals surface area contributed by atoms with Gasteiger partial charge in [0.05, 0.1) is 6.04 Å². The van der Waals surface area contributed by atoms with Gasteiger partial charge in [-0.3, -0.25) is 5.84 Å². The summed E-state index contributed by atoms with van der Waals surface area (Å²) in [6.45, 7) is 1.94. The van der Waals surface area contributed by atoms with Crippen LogP contribution in [0.3, 0.4) is 0 Å². The monoisotopic (exact) mass is 272 g/mol. The third-order valence-corrected chi connectivity index (χ3v) is 4.30. The molecule has 0 saturated carbocycles. The number of hydrogen-bond donors (Lipinski definition) is 2. The zero-order valence-corrected chi connectivity index (χ0v) is 11.5. The van der Waals surface area contributed by atoms with E-state index in [1.54, 1.807) is 11.3 Å². The van der Waals surface area contributed by atoms with E-state index >= 15 is 0 Å². The van der Waals surface area contributed by atoms with Crippen LogP contribution in [0.2, 0.25) is 0 Å². The number of hydrazine groups is 1. The fraction of sp³-hybridized carbons (Fsp3) is 0.200. The number of aryl methyl sites for hydroxylation is 1. The fourth-order valence-corrected chi connectivity index (χ4v) is 3.27. The average molecular weight is 272 g/mol. The number of hydrogen-bond acceptors (Lipinski definition) is 4. The molecule has 3 rings (SSSR count). The van der Waals surface area contributed by atoms with E-state index in [1.165, 1.54) is 15.6 Å². The largest absolute Gasteiger partial charge is 0.465 e. The Labute approximate surface area is 116 Å². The number of rotatable bonds is 4. The van der Waals surface area contributed by atoms with Crippen molar-refractivity contribution in [3.8, 4) is 0 Å². The molecule has 0 aliphatic heterocycles. The molecule has 19 heavy (non-hydrogen) atoms. The number of nitrogens with two attached hydrogens (primary N) is 1. The molecule has 2 heterocycles. The normalized spacial score (nSPS) is 12.9. The third kappa shape index (κ3) is 2.42. The SMILES string of the molecule is Cc1ccc(C(Cc2csc3ccccc23)NN)o1. The van der Waals surface area contributed by atoms with E-state index in [2.05, 4.69) is 35.1 Å². The highest BCUT2D eigenvalue weighted by Crippen LogP contribution is 2.29. The van der Waals surface area contributed by atoms with Crippen LogP contribution in [0.15, 0.2) is 46.2 Å². The number of fused-ring (bicyclic) bond motifs is 1. The molecule has 0 fully saturated rings. The van der Waals surface area contributed by atoms with E-state index in [0.717, 1.165) is 17.9 Å². The molecule has 98 valence electrons. The highest BCUT2D eigenvalue weighted by molar-refractivity contribution is 7.17. The molecule has 3 aromatic rings. The molecule has 2 aromatic heterocycles. The zero-order chi connectivity index (χ0) is 13.2. The highest BCUT2D eigenvalue weighted by atomic mass is 32.1. The summed E-state index contributed by atoms with van der Waals surface area (Å²) in [6, 6.07) is 12.4. The topological polar surface area (TPSA) is 51.2 Å². The van der Waals surface area contributed by atoms with Crippen molar-refractivity contribution in [3.05, 3.63) is 58.9 Å². The van der Waals surface area contributed by atoms with Crippen LogP contribution in [0.4, 0.5) is 0 Å². The summed E-state index contributed by atoms with van der Waals surface area (Å²) in [5.74, 6) is 7.46. The summed E-state index contributed by atoms with van der Waals surface area (Å²) in [5.41, 5.74) is 4.15. The van der Waals surface area contributed by atoms with Gasteiger partial charge in [0, 0.05) is 4.70 Å². The van der Waals surface area contributed by atoms with E-state index in [1.807, 2.05) is 19.1 Å². The smallest absolute Gasteiger partial charge is 0.122 e. The maximum absolute atomic E-state index is 5.67. The summed E-state index contributed by atoms with van der Waals surface area (Å²) in [4.78, 5) is 0. The molecule has 3 N–H and O–H groups in total. The van der Waals surface area contributed by atoms with Gasteiger partial charge in [-0.15, -0.1) is 11.3 Å². The summed E-state index contributed by atoms with van der Waals surface area (Å²) in [7, 11) is 0. The molecule has 0 bridgehead atoms. The lowest BCUT2D eigenvalue weighted by Crippen LogP contribution is -2.29. The molecule has 0 spiro atoms. The first-order valence-electron chi connectivity index (χ1n) is 6.25. The van der Waals surface area contributed by atoms with Crippen LogP contribution in [-0.2, 0) is 6.42 Å². The van der Waals surface area contributed by atoms with Crippen molar-refractivity contribution >= 4 is 21.4 Å². The first kappa shape index (κ1) is 12.4. The maximum Gasteiger partial charge on any atom is 0.122 e. The van der Waals surface area contributed by atoms with Crippen molar-refractivity contribution in [1.29, 1.82) is 0 Å². The molecule has 4 heteroatoms. The van der Waals surface area contributed by atoms with Gasteiger partial charge in [-0.25, -0.2) is 5.43 Å². The lowest BCUT2D eigenvalue weighted by molar-refractivity contribution is 0.403. The Morgan fingerprint density at radius 3 is 2.84 bits per heavy atom. The minimum Gasteiger partial charge on any atom is -0.465 e. The summed E-state index contributed by atoms with van der Waals surface area (Å²) in [6.07, 6.45) is 0.827. The van der Waals surface area contributed by atoms with Gasteiger partial charge in [-0.1, -0.05) is 18.2 Å². The van der Waals surface area contributed by atoms with Gasteiger partial charge in [-0.2, -0.15) is 0 Å². The second-order valence-electron chi connectivity index (χ2n) is 4.63. The standard InChI is InChI=1S/C15H16N2OS/c1-10-6-7-14(18-10)13(17-16)8-11-9-19-15-5-3-2-4-12(11)15/h2-7,9,13,17H,8,16H2,1H3. The first-order chi connectivity index (χ1) is 9.28. The molecule has 0 aliphatic rings. The van der Waals surface area contributed by atoms with Crippen molar-refractivity contribution in [2.45, 2.75) is 19.4 Å². The molecule has 1 atom stereocenters. The molecule has 0 aliphatic carbocycles. The molecule has 0 amide bonds. The van der Waals surface area contributed by atoms with E-state index < -0.39 is 0 Å². The van der Waals surface area contributed by atoms with Crippen molar-refractivity contribution < 1.29 is 4.42 Å². The van der Waals surface area contributed by atoms with Gasteiger partial charge in [0.15, 0.2) is 0 Å². The van der Waals surface area contributed by atoms with Crippen LogP contribution in [0, 0.1) is 6.92 Å². The molecule has 3 nitrogen and oxygen atoms in total. The second kappa shape index (κ2) is 5.17.